The number of ether oxygens (including phenoxy) is 3. The number of aromatic hydroxyl groups is 2. The van der Waals surface area contributed by atoms with E-state index in [2.05, 4.69) is 5.32 Å². The Labute approximate surface area is 282 Å². The molecule has 7 unspecified atom stereocenters. The number of phenols is 2. The van der Waals surface area contributed by atoms with E-state index in [1.807, 2.05) is 0 Å². The standard InChI is InChI=1S/C33H32N2O15/c36-18-4-1-15(2-5-18)3-6-26(38)48-14-25-27(39)28(40)29(41)33(50-25)49-24-13-21-17(12-23(24)37)11-22(32(46)47)35(21)8-7-16-9-19(30(42)43)34-20(10-16)31(44)45/h1-9,12-13,20,22,25,27-29,33,39-41H,10-11,14H2,(H5,36,37,38,42,43,44,45,46,47)/p+1. The molecule has 0 radical (unpaired) electrons. The van der Waals surface area contributed by atoms with E-state index < -0.39 is 79.0 Å². The number of allylic oxidation sites excluding steroid dienone is 2. The monoisotopic (exact) mass is 697 g/mol. The van der Waals surface area contributed by atoms with Crippen LogP contribution in [-0.2, 0) is 35.1 Å². The molecular weight excluding hydrogens is 664 g/mol. The summed E-state index contributed by atoms with van der Waals surface area (Å²) in [5.74, 6) is -5.52. The zero-order chi connectivity index (χ0) is 36.3. The Morgan fingerprint density at radius 1 is 0.940 bits per heavy atom. The van der Waals surface area contributed by atoms with E-state index in [0.29, 0.717) is 11.1 Å². The van der Waals surface area contributed by atoms with Gasteiger partial charge in [0.2, 0.25) is 12.0 Å². The highest BCUT2D eigenvalue weighted by Gasteiger charge is 2.46. The van der Waals surface area contributed by atoms with Gasteiger partial charge in [-0.25, -0.2) is 19.2 Å². The van der Waals surface area contributed by atoms with Crippen molar-refractivity contribution < 1.29 is 78.8 Å². The maximum atomic E-state index is 12.3. The lowest BCUT2D eigenvalue weighted by Gasteiger charge is -2.39. The number of nitrogens with zero attached hydrogens (tertiary/aromatic N) is 1. The summed E-state index contributed by atoms with van der Waals surface area (Å²) in [6, 6.07) is 6.00. The lowest BCUT2D eigenvalue weighted by molar-refractivity contribution is -0.456. The Kier molecular flexibility index (Phi) is 10.5. The van der Waals surface area contributed by atoms with Gasteiger partial charge in [-0.2, -0.15) is 4.58 Å². The first-order valence-corrected chi connectivity index (χ1v) is 15.1. The molecule has 7 atom stereocenters. The fourth-order valence-electron chi connectivity index (χ4n) is 5.53. The Hall–Kier alpha value is -5.75. The lowest BCUT2D eigenvalue weighted by Crippen LogP contribution is -2.60. The van der Waals surface area contributed by atoms with Crippen LogP contribution in [-0.4, -0.2) is 125 Å². The summed E-state index contributed by atoms with van der Waals surface area (Å²) in [6.45, 7) is -0.576. The summed E-state index contributed by atoms with van der Waals surface area (Å²) in [6.07, 6.45) is -2.27. The van der Waals surface area contributed by atoms with Crippen molar-refractivity contribution in [3.05, 3.63) is 77.0 Å². The molecular formula is C33H33N2O15+. The molecule has 3 aliphatic heterocycles. The molecule has 17 nitrogen and oxygen atoms in total. The minimum absolute atomic E-state index is 0.0387. The first-order chi connectivity index (χ1) is 23.7. The van der Waals surface area contributed by atoms with Gasteiger partial charge in [0.1, 0.15) is 48.5 Å². The zero-order valence-corrected chi connectivity index (χ0v) is 25.9. The second-order valence-electron chi connectivity index (χ2n) is 11.6. The van der Waals surface area contributed by atoms with Gasteiger partial charge in [-0.1, -0.05) is 12.1 Å². The number of carboxylic acid groups (broad SMARTS) is 3. The number of aliphatic hydroxyl groups is 3. The summed E-state index contributed by atoms with van der Waals surface area (Å²) in [5.41, 5.74) is 1.09. The van der Waals surface area contributed by atoms with Crippen molar-refractivity contribution in [1.29, 1.82) is 0 Å². The van der Waals surface area contributed by atoms with Crippen LogP contribution >= 0.6 is 0 Å². The minimum atomic E-state index is -1.85. The number of hydrogen-bond acceptors (Lipinski definition) is 13. The van der Waals surface area contributed by atoms with Crippen LogP contribution in [0.25, 0.3) is 6.08 Å². The van der Waals surface area contributed by atoms with Crippen molar-refractivity contribution >= 4 is 41.9 Å². The van der Waals surface area contributed by atoms with Crippen LogP contribution in [0.15, 0.2) is 65.9 Å². The molecule has 50 heavy (non-hydrogen) atoms. The molecule has 3 aliphatic rings. The van der Waals surface area contributed by atoms with E-state index in [1.54, 1.807) is 12.1 Å². The van der Waals surface area contributed by atoms with E-state index >= 15 is 0 Å². The van der Waals surface area contributed by atoms with Crippen molar-refractivity contribution in [1.82, 2.24) is 5.32 Å². The number of esters is 1. The van der Waals surface area contributed by atoms with Crippen LogP contribution < -0.4 is 10.1 Å². The molecule has 0 amide bonds. The third-order valence-corrected chi connectivity index (χ3v) is 8.16. The van der Waals surface area contributed by atoms with Gasteiger partial charge < -0.3 is 60.4 Å². The molecule has 0 bridgehead atoms. The number of aliphatic carboxylic acids is 3. The summed E-state index contributed by atoms with van der Waals surface area (Å²) in [5, 5.41) is 82.9. The van der Waals surface area contributed by atoms with Gasteiger partial charge in [0.05, 0.1) is 12.5 Å². The molecule has 2 aromatic rings. The Bertz CT molecular complexity index is 1800. The summed E-state index contributed by atoms with van der Waals surface area (Å²) in [4.78, 5) is 47.5. The number of carbonyl (C=O) groups is 4. The van der Waals surface area contributed by atoms with Crippen LogP contribution in [0.2, 0.25) is 0 Å². The summed E-state index contributed by atoms with van der Waals surface area (Å²) >= 11 is 0. The zero-order valence-electron chi connectivity index (χ0n) is 25.9. The normalized spacial score (nSPS) is 27.7. The van der Waals surface area contributed by atoms with E-state index in [1.165, 1.54) is 53.3 Å². The van der Waals surface area contributed by atoms with E-state index in [-0.39, 0.29) is 41.3 Å². The smallest absolute Gasteiger partial charge is 0.373 e. The number of hydrogen-bond donors (Lipinski definition) is 9. The minimum Gasteiger partial charge on any atom is -0.508 e. The molecule has 0 aliphatic carbocycles. The topological polar surface area (TPSA) is 273 Å². The number of benzene rings is 2. The molecule has 9 N–H and O–H groups in total. The van der Waals surface area contributed by atoms with Gasteiger partial charge in [-0.15, -0.1) is 0 Å². The van der Waals surface area contributed by atoms with Crippen molar-refractivity contribution in [2.24, 2.45) is 0 Å². The van der Waals surface area contributed by atoms with Gasteiger partial charge in [-0.3, -0.25) is 0 Å². The van der Waals surface area contributed by atoms with E-state index in [9.17, 15) is 60.0 Å². The molecule has 1 fully saturated rings. The van der Waals surface area contributed by atoms with Crippen LogP contribution in [0.5, 0.6) is 17.2 Å². The van der Waals surface area contributed by atoms with Gasteiger partial charge in [0.25, 0.3) is 6.04 Å². The Morgan fingerprint density at radius 3 is 2.32 bits per heavy atom. The summed E-state index contributed by atoms with van der Waals surface area (Å²) < 4.78 is 17.7. The maximum Gasteiger partial charge on any atom is 0.373 e. The number of aliphatic hydroxyl groups excluding tert-OH is 3. The fraction of sp³-hybridized carbons (Fsp3) is 0.303. The average molecular weight is 698 g/mol. The Balaban J connectivity index is 1.35. The molecule has 264 valence electrons. The highest BCUT2D eigenvalue weighted by molar-refractivity contribution is 5.90. The fourth-order valence-corrected chi connectivity index (χ4v) is 5.53. The van der Waals surface area contributed by atoms with E-state index in [0.717, 1.165) is 6.08 Å². The van der Waals surface area contributed by atoms with Crippen molar-refractivity contribution in [3.63, 3.8) is 0 Å². The van der Waals surface area contributed by atoms with Crippen LogP contribution in [0.4, 0.5) is 5.69 Å². The van der Waals surface area contributed by atoms with Crippen molar-refractivity contribution in [3.8, 4) is 17.2 Å². The van der Waals surface area contributed by atoms with E-state index in [4.69, 9.17) is 14.2 Å². The summed E-state index contributed by atoms with van der Waals surface area (Å²) in [7, 11) is 0. The number of carboxylic acids is 3. The van der Waals surface area contributed by atoms with Crippen molar-refractivity contribution in [2.45, 2.75) is 55.6 Å². The predicted molar refractivity (Wildman–Crippen MR) is 168 cm³/mol. The number of rotatable bonds is 10. The molecule has 1 saturated heterocycles. The third-order valence-electron chi connectivity index (χ3n) is 8.16. The molecule has 17 heteroatoms. The average Bonchev–Trinajstić information content (AvgIpc) is 3.43. The second kappa shape index (κ2) is 14.8. The number of nitrogens with one attached hydrogen (secondary N) is 1. The Morgan fingerprint density at radius 2 is 1.66 bits per heavy atom. The van der Waals surface area contributed by atoms with Crippen molar-refractivity contribution in [2.75, 3.05) is 6.61 Å². The van der Waals surface area contributed by atoms with Gasteiger partial charge >= 0.3 is 23.9 Å². The predicted octanol–water partition coefficient (Wildman–Crippen LogP) is -0.394. The first-order valence-electron chi connectivity index (χ1n) is 15.1. The molecule has 0 saturated carbocycles. The number of fused-ring (bicyclic) bond motifs is 1. The first kappa shape index (κ1) is 35.6. The highest BCUT2D eigenvalue weighted by atomic mass is 16.7. The van der Waals surface area contributed by atoms with Crippen LogP contribution in [0.1, 0.15) is 17.5 Å². The van der Waals surface area contributed by atoms with Crippen LogP contribution in [0, 0.1) is 0 Å². The second-order valence-corrected chi connectivity index (χ2v) is 11.6. The van der Waals surface area contributed by atoms with Gasteiger partial charge in [0.15, 0.2) is 17.7 Å². The molecule has 0 aromatic heterocycles. The van der Waals surface area contributed by atoms with Crippen LogP contribution in [0.3, 0.4) is 0 Å². The third kappa shape index (κ3) is 7.92. The molecule has 5 rings (SSSR count). The van der Waals surface area contributed by atoms with Gasteiger partial charge in [-0.05, 0) is 41.5 Å². The SMILES string of the molecule is O=C(/C=C/c1ccc(O)cc1)OCC1OC(Oc2cc3c(cc2O)CC(C(=O)O)[N+]3=C/C=C2/C=C(C(=O)O)NC(C(=O)O)C2)C(O)C(O)C1O. The highest BCUT2D eigenvalue weighted by Crippen LogP contribution is 2.40. The largest absolute Gasteiger partial charge is 0.508 e. The number of phenolic OH excluding ortho intramolecular Hbond substituents is 2. The molecule has 3 heterocycles. The number of carbonyl (C=O) groups excluding carboxylic acids is 1. The molecule has 0 spiro atoms. The lowest BCUT2D eigenvalue weighted by atomic mass is 9.99. The maximum absolute atomic E-state index is 12.3. The van der Waals surface area contributed by atoms with Gasteiger partial charge in [0, 0.05) is 24.1 Å². The molecule has 2 aromatic carbocycles. The quantitative estimate of drug-likeness (QED) is 0.0868.